The van der Waals surface area contributed by atoms with Crippen LogP contribution < -0.4 is 15.5 Å². The van der Waals surface area contributed by atoms with Gasteiger partial charge in [0.1, 0.15) is 18.0 Å². The number of amides is 1. The van der Waals surface area contributed by atoms with Crippen LogP contribution in [0.4, 0.5) is 5.69 Å². The number of carbonyl (C=O) groups is 1. The van der Waals surface area contributed by atoms with Crippen LogP contribution in [-0.2, 0) is 11.3 Å². The zero-order chi connectivity index (χ0) is 20.2. The summed E-state index contributed by atoms with van der Waals surface area (Å²) in [5.41, 5.74) is 1.30. The third kappa shape index (κ3) is 4.55. The first-order valence-electron chi connectivity index (χ1n) is 9.00. The lowest BCUT2D eigenvalue weighted by molar-refractivity contribution is -0.116. The Kier molecular flexibility index (Phi) is 5.44. The predicted molar refractivity (Wildman–Crippen MR) is 117 cm³/mol. The molecule has 0 spiro atoms. The molecule has 1 amide bonds. The fourth-order valence-corrected chi connectivity index (χ4v) is 3.35. The van der Waals surface area contributed by atoms with Gasteiger partial charge in [-0.3, -0.25) is 9.59 Å². The highest BCUT2D eigenvalue weighted by Crippen LogP contribution is 2.23. The number of hydrogen-bond acceptors (Lipinski definition) is 3. The number of benzene rings is 3. The Morgan fingerprint density at radius 3 is 2.41 bits per heavy atom. The highest BCUT2D eigenvalue weighted by molar-refractivity contribution is 9.10. The van der Waals surface area contributed by atoms with Gasteiger partial charge in [-0.05, 0) is 54.6 Å². The average Bonchev–Trinajstić information content (AvgIpc) is 2.72. The monoisotopic (exact) mass is 448 g/mol. The van der Waals surface area contributed by atoms with E-state index in [1.807, 2.05) is 42.5 Å². The van der Waals surface area contributed by atoms with Crippen molar-refractivity contribution in [3.8, 4) is 11.5 Å². The van der Waals surface area contributed by atoms with E-state index in [1.54, 1.807) is 41.1 Å². The minimum atomic E-state index is -0.188. The molecule has 29 heavy (non-hydrogen) atoms. The summed E-state index contributed by atoms with van der Waals surface area (Å²) in [7, 11) is 0. The van der Waals surface area contributed by atoms with E-state index in [0.29, 0.717) is 22.3 Å². The molecule has 144 valence electrons. The van der Waals surface area contributed by atoms with Gasteiger partial charge >= 0.3 is 0 Å². The molecule has 0 saturated carbocycles. The molecular formula is C23H17BrN2O3. The van der Waals surface area contributed by atoms with Gasteiger partial charge in [-0.1, -0.05) is 34.1 Å². The topological polar surface area (TPSA) is 60.3 Å². The summed E-state index contributed by atoms with van der Waals surface area (Å²) in [6, 6.07) is 23.5. The predicted octanol–water partition coefficient (Wildman–Crippen LogP) is 5.20. The molecule has 0 fully saturated rings. The summed E-state index contributed by atoms with van der Waals surface area (Å²) in [5.74, 6) is 1.25. The Hall–Kier alpha value is -3.38. The molecule has 1 N–H and O–H groups in total. The van der Waals surface area contributed by atoms with E-state index in [9.17, 15) is 9.59 Å². The van der Waals surface area contributed by atoms with E-state index >= 15 is 0 Å². The van der Waals surface area contributed by atoms with E-state index in [4.69, 9.17) is 4.74 Å². The van der Waals surface area contributed by atoms with Crippen LogP contribution in [0.1, 0.15) is 0 Å². The Morgan fingerprint density at radius 2 is 1.66 bits per heavy atom. The number of nitrogens with zero attached hydrogens (tertiary/aromatic N) is 1. The molecule has 0 aliphatic rings. The lowest BCUT2D eigenvalue weighted by atomic mass is 10.2. The van der Waals surface area contributed by atoms with Crippen molar-refractivity contribution in [1.82, 2.24) is 4.57 Å². The van der Waals surface area contributed by atoms with Crippen LogP contribution in [0.3, 0.4) is 0 Å². The molecule has 4 aromatic rings. The number of ether oxygens (including phenoxy) is 1. The smallest absolute Gasteiger partial charge is 0.244 e. The highest BCUT2D eigenvalue weighted by Gasteiger charge is 2.08. The lowest BCUT2D eigenvalue weighted by Gasteiger charge is -2.12. The van der Waals surface area contributed by atoms with Gasteiger partial charge in [-0.25, -0.2) is 0 Å². The number of pyridine rings is 1. The van der Waals surface area contributed by atoms with Crippen molar-refractivity contribution in [3.05, 3.63) is 99.8 Å². The summed E-state index contributed by atoms with van der Waals surface area (Å²) in [4.78, 5) is 24.6. The van der Waals surface area contributed by atoms with Gasteiger partial charge < -0.3 is 14.6 Å². The Balaban J connectivity index is 1.46. The van der Waals surface area contributed by atoms with Crippen molar-refractivity contribution in [2.45, 2.75) is 6.54 Å². The van der Waals surface area contributed by atoms with E-state index < -0.39 is 0 Å². The number of hydrogen-bond donors (Lipinski definition) is 1. The molecule has 0 aliphatic carbocycles. The van der Waals surface area contributed by atoms with Crippen LogP contribution in [0.25, 0.3) is 10.9 Å². The molecule has 0 atom stereocenters. The summed E-state index contributed by atoms with van der Waals surface area (Å²) >= 11 is 3.41. The van der Waals surface area contributed by atoms with Crippen molar-refractivity contribution in [1.29, 1.82) is 0 Å². The molecular weight excluding hydrogens is 432 g/mol. The molecule has 0 unspecified atom stereocenters. The standard InChI is InChI=1S/C23H17BrN2O3/c24-16-6-11-20-21(14-16)26(13-12-22(20)27)15-23(28)25-17-7-9-19(10-8-17)29-18-4-2-1-3-5-18/h1-14H,15H2,(H,25,28). The first-order chi connectivity index (χ1) is 14.1. The first-order valence-corrected chi connectivity index (χ1v) is 9.79. The highest BCUT2D eigenvalue weighted by atomic mass is 79.9. The molecule has 3 aromatic carbocycles. The minimum absolute atomic E-state index is 0.0711. The molecule has 5 nitrogen and oxygen atoms in total. The van der Waals surface area contributed by atoms with E-state index in [-0.39, 0.29) is 17.9 Å². The zero-order valence-electron chi connectivity index (χ0n) is 15.3. The van der Waals surface area contributed by atoms with E-state index in [2.05, 4.69) is 21.2 Å². The van der Waals surface area contributed by atoms with Gasteiger partial charge in [0.2, 0.25) is 5.91 Å². The van der Waals surface area contributed by atoms with Crippen molar-refractivity contribution in [2.24, 2.45) is 0 Å². The van der Waals surface area contributed by atoms with Gasteiger partial charge in [0.05, 0.1) is 5.52 Å². The normalized spacial score (nSPS) is 10.7. The zero-order valence-corrected chi connectivity index (χ0v) is 16.9. The number of carbonyl (C=O) groups excluding carboxylic acids is 1. The number of halogens is 1. The second-order valence-corrected chi connectivity index (χ2v) is 7.37. The molecule has 1 aromatic heterocycles. The quantitative estimate of drug-likeness (QED) is 0.456. The van der Waals surface area contributed by atoms with Crippen molar-refractivity contribution in [3.63, 3.8) is 0 Å². The van der Waals surface area contributed by atoms with Crippen molar-refractivity contribution >= 4 is 38.4 Å². The van der Waals surface area contributed by atoms with E-state index in [1.165, 1.54) is 6.07 Å². The molecule has 4 rings (SSSR count). The number of rotatable bonds is 5. The summed E-state index contributed by atoms with van der Waals surface area (Å²) in [6.45, 7) is 0.0928. The Morgan fingerprint density at radius 1 is 0.931 bits per heavy atom. The maximum Gasteiger partial charge on any atom is 0.244 e. The summed E-state index contributed by atoms with van der Waals surface area (Å²) < 4.78 is 8.35. The minimum Gasteiger partial charge on any atom is -0.457 e. The maximum atomic E-state index is 12.5. The van der Waals surface area contributed by atoms with Crippen LogP contribution in [0, 0.1) is 0 Å². The fraction of sp³-hybridized carbons (Fsp3) is 0.0435. The largest absolute Gasteiger partial charge is 0.457 e. The third-order valence-corrected chi connectivity index (χ3v) is 4.86. The fourth-order valence-electron chi connectivity index (χ4n) is 3.00. The second-order valence-electron chi connectivity index (χ2n) is 6.46. The lowest BCUT2D eigenvalue weighted by Crippen LogP contribution is -2.20. The van der Waals surface area contributed by atoms with Gasteiger partial charge in [0.15, 0.2) is 5.43 Å². The number of para-hydroxylation sites is 1. The second kappa shape index (κ2) is 8.32. The van der Waals surface area contributed by atoms with Crippen LogP contribution in [-0.4, -0.2) is 10.5 Å². The summed E-state index contributed by atoms with van der Waals surface area (Å²) in [6.07, 6.45) is 1.63. The molecule has 1 heterocycles. The molecule has 0 radical (unpaired) electrons. The number of aromatic nitrogens is 1. The van der Waals surface area contributed by atoms with Crippen LogP contribution in [0.15, 0.2) is 94.3 Å². The van der Waals surface area contributed by atoms with Crippen LogP contribution >= 0.6 is 15.9 Å². The molecule has 6 heteroatoms. The molecule has 0 bridgehead atoms. The maximum absolute atomic E-state index is 12.5. The number of nitrogens with one attached hydrogen (secondary N) is 1. The van der Waals surface area contributed by atoms with Gasteiger partial charge in [0.25, 0.3) is 0 Å². The first kappa shape index (κ1) is 19.0. The van der Waals surface area contributed by atoms with Crippen LogP contribution in [0.5, 0.6) is 11.5 Å². The summed E-state index contributed by atoms with van der Waals surface area (Å²) in [5, 5.41) is 3.45. The van der Waals surface area contributed by atoms with Crippen molar-refractivity contribution in [2.75, 3.05) is 5.32 Å². The number of anilines is 1. The molecule has 0 saturated heterocycles. The van der Waals surface area contributed by atoms with Gasteiger partial charge in [-0.15, -0.1) is 0 Å². The van der Waals surface area contributed by atoms with Crippen molar-refractivity contribution < 1.29 is 9.53 Å². The Labute approximate surface area is 175 Å². The number of fused-ring (bicyclic) bond motifs is 1. The Bertz CT molecular complexity index is 1220. The molecule has 0 aliphatic heterocycles. The van der Waals surface area contributed by atoms with Gasteiger partial charge in [-0.2, -0.15) is 0 Å². The van der Waals surface area contributed by atoms with Gasteiger partial charge in [0, 0.05) is 27.8 Å². The van der Waals surface area contributed by atoms with E-state index in [0.717, 1.165) is 10.2 Å². The SMILES string of the molecule is O=C(Cn1ccc(=O)c2ccc(Br)cc21)Nc1ccc(Oc2ccccc2)cc1. The van der Waals surface area contributed by atoms with Crippen LogP contribution in [0.2, 0.25) is 0 Å². The third-order valence-electron chi connectivity index (χ3n) is 4.37. The average molecular weight is 449 g/mol.